The molecule has 0 fully saturated rings. The van der Waals surface area contributed by atoms with Crippen molar-refractivity contribution in [3.8, 4) is 16.5 Å². The van der Waals surface area contributed by atoms with E-state index in [-0.39, 0.29) is 28.6 Å². The highest BCUT2D eigenvalue weighted by Crippen LogP contribution is 2.44. The van der Waals surface area contributed by atoms with Crippen molar-refractivity contribution in [2.24, 2.45) is 0 Å². The molecule has 0 aliphatic carbocycles. The lowest BCUT2D eigenvalue weighted by atomic mass is 10.0. The highest BCUT2D eigenvalue weighted by atomic mass is 32.1. The Labute approximate surface area is 198 Å². The molecule has 0 unspecified atom stereocenters. The van der Waals surface area contributed by atoms with Crippen molar-refractivity contribution in [1.29, 1.82) is 5.26 Å². The number of carbonyl (C=O) groups is 2. The Morgan fingerprint density at radius 2 is 1.91 bits per heavy atom. The van der Waals surface area contributed by atoms with E-state index in [1.54, 1.807) is 14.1 Å². The maximum atomic E-state index is 12.6. The lowest BCUT2D eigenvalue weighted by Gasteiger charge is -2.07. The first-order chi connectivity index (χ1) is 15.9. The molecule has 0 bridgehead atoms. The molecule has 0 spiro atoms. The van der Waals surface area contributed by atoms with Gasteiger partial charge in [0.05, 0.1) is 5.69 Å². The van der Waals surface area contributed by atoms with Crippen LogP contribution in [0.15, 0.2) is 47.8 Å². The van der Waals surface area contributed by atoms with Crippen LogP contribution >= 0.6 is 22.7 Å². The molecule has 4 N–H and O–H groups in total. The molecule has 33 heavy (non-hydrogen) atoms. The molecule has 168 valence electrons. The van der Waals surface area contributed by atoms with Crippen LogP contribution in [0.4, 0.5) is 11.5 Å². The summed E-state index contributed by atoms with van der Waals surface area (Å²) >= 11 is 2.58. The Hall–Kier alpha value is -3.94. The number of esters is 1. The first kappa shape index (κ1) is 23.7. The van der Waals surface area contributed by atoms with Gasteiger partial charge in [0.2, 0.25) is 6.41 Å². The molecule has 1 amide bonds. The molecule has 4 aromatic rings. The summed E-state index contributed by atoms with van der Waals surface area (Å²) in [5.74, 6) is -0.414. The lowest BCUT2D eigenvalue weighted by molar-refractivity contribution is -0.115. The van der Waals surface area contributed by atoms with E-state index in [1.807, 2.05) is 47.8 Å². The second-order valence-electron chi connectivity index (χ2n) is 6.99. The van der Waals surface area contributed by atoms with Crippen LogP contribution < -0.4 is 11.5 Å². The number of hydrogen-bond donors (Lipinski definition) is 2. The predicted molar refractivity (Wildman–Crippen MR) is 132 cm³/mol. The van der Waals surface area contributed by atoms with Crippen molar-refractivity contribution in [2.45, 2.75) is 6.61 Å². The Kier molecular flexibility index (Phi) is 7.61. The molecule has 0 radical (unpaired) electrons. The average molecular weight is 480 g/mol. The third-order valence-corrected chi connectivity index (χ3v) is 6.36. The summed E-state index contributed by atoms with van der Waals surface area (Å²) in [4.78, 5) is 29.4. The zero-order chi connectivity index (χ0) is 24.0. The van der Waals surface area contributed by atoms with E-state index in [4.69, 9.17) is 16.2 Å². The minimum Gasteiger partial charge on any atom is -0.457 e. The van der Waals surface area contributed by atoms with E-state index in [0.29, 0.717) is 15.8 Å². The third kappa shape index (κ3) is 5.28. The fourth-order valence-corrected chi connectivity index (χ4v) is 4.68. The Balaban J connectivity index is 0.000000555. The summed E-state index contributed by atoms with van der Waals surface area (Å²) in [7, 11) is 3.38. The number of fused-ring (bicyclic) bond motifs is 1. The number of nitrogens with zero attached hydrogens (tertiary/aromatic N) is 3. The number of amides is 1. The van der Waals surface area contributed by atoms with Gasteiger partial charge in [0.25, 0.3) is 0 Å². The predicted octanol–water partition coefficient (Wildman–Crippen LogP) is 4.12. The van der Waals surface area contributed by atoms with Crippen molar-refractivity contribution in [2.75, 3.05) is 25.6 Å². The number of thiophene rings is 2. The van der Waals surface area contributed by atoms with Gasteiger partial charge in [-0.05, 0) is 17.0 Å². The summed E-state index contributed by atoms with van der Waals surface area (Å²) in [6.07, 6.45) is 0.750. The summed E-state index contributed by atoms with van der Waals surface area (Å²) in [5, 5.41) is 12.0. The Bertz CT molecular complexity index is 1310. The molecule has 0 atom stereocenters. The van der Waals surface area contributed by atoms with Gasteiger partial charge in [-0.25, -0.2) is 9.78 Å². The number of benzene rings is 1. The van der Waals surface area contributed by atoms with Gasteiger partial charge in [-0.2, -0.15) is 5.26 Å². The normalized spacial score (nSPS) is 10.1. The van der Waals surface area contributed by atoms with Crippen molar-refractivity contribution >= 4 is 56.8 Å². The minimum atomic E-state index is -0.529. The third-order valence-electron chi connectivity index (χ3n) is 4.39. The molecule has 0 aliphatic heterocycles. The summed E-state index contributed by atoms with van der Waals surface area (Å²) in [6, 6.07) is 15.3. The van der Waals surface area contributed by atoms with Gasteiger partial charge in [-0.1, -0.05) is 36.4 Å². The number of nitriles is 1. The lowest BCUT2D eigenvalue weighted by Crippen LogP contribution is -2.06. The van der Waals surface area contributed by atoms with Crippen LogP contribution in [0, 0.1) is 11.3 Å². The number of nitrogens with two attached hydrogens (primary N) is 2. The molecule has 3 aromatic heterocycles. The van der Waals surface area contributed by atoms with Crippen LogP contribution in [-0.2, 0) is 16.1 Å². The number of aromatic nitrogens is 1. The molecule has 0 aliphatic rings. The van der Waals surface area contributed by atoms with E-state index in [1.165, 1.54) is 16.2 Å². The van der Waals surface area contributed by atoms with Gasteiger partial charge in [-0.3, -0.25) is 4.79 Å². The van der Waals surface area contributed by atoms with Gasteiger partial charge < -0.3 is 21.1 Å². The van der Waals surface area contributed by atoms with Crippen molar-refractivity contribution in [3.05, 3.63) is 63.8 Å². The van der Waals surface area contributed by atoms with Gasteiger partial charge in [0.1, 0.15) is 33.8 Å². The van der Waals surface area contributed by atoms with Gasteiger partial charge in [0, 0.05) is 29.9 Å². The molecule has 0 saturated heterocycles. The molecule has 8 nitrogen and oxygen atoms in total. The van der Waals surface area contributed by atoms with E-state index >= 15 is 0 Å². The van der Waals surface area contributed by atoms with Crippen molar-refractivity contribution < 1.29 is 14.3 Å². The topological polar surface area (TPSA) is 135 Å². The fourth-order valence-electron chi connectivity index (χ4n) is 2.89. The quantitative estimate of drug-likeness (QED) is 0.325. The van der Waals surface area contributed by atoms with E-state index in [2.05, 4.69) is 11.1 Å². The summed E-state index contributed by atoms with van der Waals surface area (Å²) in [5.41, 5.74) is 14.3. The van der Waals surface area contributed by atoms with Crippen LogP contribution in [0.5, 0.6) is 0 Å². The number of nitrogen functional groups attached to an aromatic ring is 2. The van der Waals surface area contributed by atoms with Crippen LogP contribution in [0.2, 0.25) is 0 Å². The smallest absolute Gasteiger partial charge is 0.350 e. The van der Waals surface area contributed by atoms with Crippen LogP contribution in [0.25, 0.3) is 20.7 Å². The highest BCUT2D eigenvalue weighted by molar-refractivity contribution is 7.21. The zero-order valence-electron chi connectivity index (χ0n) is 17.9. The van der Waals surface area contributed by atoms with Gasteiger partial charge in [0.15, 0.2) is 0 Å². The zero-order valence-corrected chi connectivity index (χ0v) is 19.6. The van der Waals surface area contributed by atoms with Crippen LogP contribution in [0.3, 0.4) is 0 Å². The van der Waals surface area contributed by atoms with E-state index in [9.17, 15) is 14.9 Å². The molecule has 10 heteroatoms. The number of ether oxygens (including phenoxy) is 1. The van der Waals surface area contributed by atoms with Crippen LogP contribution in [-0.4, -0.2) is 36.4 Å². The first-order valence-electron chi connectivity index (χ1n) is 9.65. The maximum absolute atomic E-state index is 12.6. The average Bonchev–Trinajstić information content (AvgIpc) is 3.46. The second kappa shape index (κ2) is 10.6. The molecule has 3 heterocycles. The van der Waals surface area contributed by atoms with Crippen molar-refractivity contribution in [3.63, 3.8) is 0 Å². The number of anilines is 2. The van der Waals surface area contributed by atoms with E-state index in [0.717, 1.165) is 28.2 Å². The van der Waals surface area contributed by atoms with Crippen LogP contribution in [0.1, 0.15) is 20.8 Å². The van der Waals surface area contributed by atoms with Crippen molar-refractivity contribution in [1.82, 2.24) is 9.88 Å². The number of pyridine rings is 1. The minimum absolute atomic E-state index is 0.115. The maximum Gasteiger partial charge on any atom is 0.350 e. The highest BCUT2D eigenvalue weighted by Gasteiger charge is 2.25. The Morgan fingerprint density at radius 1 is 1.21 bits per heavy atom. The number of rotatable bonds is 5. The largest absolute Gasteiger partial charge is 0.457 e. The van der Waals surface area contributed by atoms with Gasteiger partial charge in [-0.15, -0.1) is 22.7 Å². The number of carbonyl (C=O) groups excluding carboxylic acids is 2. The first-order valence-corrected chi connectivity index (χ1v) is 11.3. The molecule has 4 rings (SSSR count). The fraction of sp³-hybridized carbons (Fsp3) is 0.130. The van der Waals surface area contributed by atoms with Gasteiger partial charge >= 0.3 is 5.97 Å². The Morgan fingerprint density at radius 3 is 2.48 bits per heavy atom. The molecule has 1 aromatic carbocycles. The molecule has 0 saturated carbocycles. The summed E-state index contributed by atoms with van der Waals surface area (Å²) < 4.78 is 5.41. The molecular formula is C23H21N5O3S2. The van der Waals surface area contributed by atoms with E-state index < -0.39 is 5.97 Å². The SMILES string of the molecule is CN(C)C=O.N#Cc1c(N)nc2sc(C(=O)OCc3ccccc3)c(N)c2c1-c1cccs1. The standard InChI is InChI=1S/C20H14N4O2S2.C3H7NO/c21-9-12-14(13-7-4-8-27-13)15-16(22)17(28-19(15)24-18(12)23)20(25)26-10-11-5-2-1-3-6-11;1-4(2)3-5/h1-8H,10,22H2,(H2,23,24);3H,1-2H3. The second-order valence-corrected chi connectivity index (χ2v) is 8.94. The summed E-state index contributed by atoms with van der Waals surface area (Å²) in [6.45, 7) is 0.143. The number of hydrogen-bond acceptors (Lipinski definition) is 9. The monoisotopic (exact) mass is 479 g/mol. The molecular weight excluding hydrogens is 458 g/mol.